The minimum Gasteiger partial charge on any atom is -0.467 e. The number of aromatic nitrogens is 3. The van der Waals surface area contributed by atoms with E-state index in [-0.39, 0.29) is 22.7 Å². The quantitative estimate of drug-likeness (QED) is 0.380. The summed E-state index contributed by atoms with van der Waals surface area (Å²) in [6.07, 6.45) is 2.02. The van der Waals surface area contributed by atoms with Gasteiger partial charge in [-0.15, -0.1) is 10.2 Å². The van der Waals surface area contributed by atoms with E-state index >= 15 is 0 Å². The Kier molecular flexibility index (Phi) is 7.76. The zero-order chi connectivity index (χ0) is 23.9. The van der Waals surface area contributed by atoms with Crippen molar-refractivity contribution in [1.82, 2.24) is 25.6 Å². The Hall–Kier alpha value is -4.10. The average molecular weight is 448 g/mol. The minimum absolute atomic E-state index is 0.0510. The first-order valence-electron chi connectivity index (χ1n) is 9.39. The molecule has 0 spiro atoms. The number of urea groups is 1. The standard InChI is InChI=1S/C18H24N8O6/c1-9(15(28)31-5)22-16(29)24-13-11-12(20-7-6-19-11)14(23-13)26-25-10(27)8-21-17(30)32-18(2,3)4/h6-7,9,23H,8H2,1-5H3,(H,21,30)(H2,22,24,29)/t9-/m0/s1. The molecule has 0 saturated carbocycles. The molecule has 0 aliphatic rings. The number of aromatic amines is 1. The molecule has 4 amide bonds. The third-order valence-electron chi connectivity index (χ3n) is 3.59. The third-order valence-corrected chi connectivity index (χ3v) is 3.59. The Morgan fingerprint density at radius 3 is 2.44 bits per heavy atom. The number of anilines is 1. The van der Waals surface area contributed by atoms with E-state index < -0.39 is 42.2 Å². The van der Waals surface area contributed by atoms with Gasteiger partial charge in [0.1, 0.15) is 35.0 Å². The van der Waals surface area contributed by atoms with Crippen LogP contribution in [-0.2, 0) is 19.1 Å². The van der Waals surface area contributed by atoms with Crippen LogP contribution in [0.15, 0.2) is 22.6 Å². The summed E-state index contributed by atoms with van der Waals surface area (Å²) in [7, 11) is 1.20. The zero-order valence-electron chi connectivity index (χ0n) is 18.2. The number of ether oxygens (including phenoxy) is 2. The SMILES string of the molecule is COC(=O)[C@H](C)NC(=O)Nc1[nH]c(N=NC(=O)CNC(=O)OC(C)(C)C)c2nccnc12. The second kappa shape index (κ2) is 10.3. The van der Waals surface area contributed by atoms with E-state index in [0.29, 0.717) is 0 Å². The number of rotatable bonds is 6. The number of azo groups is 1. The summed E-state index contributed by atoms with van der Waals surface area (Å²) in [5.74, 6) is -1.20. The van der Waals surface area contributed by atoms with Crippen LogP contribution in [0.5, 0.6) is 0 Å². The summed E-state index contributed by atoms with van der Waals surface area (Å²) >= 11 is 0. The molecule has 0 aliphatic heterocycles. The molecule has 0 radical (unpaired) electrons. The molecule has 0 aliphatic carbocycles. The van der Waals surface area contributed by atoms with E-state index in [9.17, 15) is 19.2 Å². The second-order valence-electron chi connectivity index (χ2n) is 7.39. The van der Waals surface area contributed by atoms with Crippen molar-refractivity contribution >= 4 is 46.7 Å². The van der Waals surface area contributed by atoms with Gasteiger partial charge >= 0.3 is 18.1 Å². The predicted molar refractivity (Wildman–Crippen MR) is 111 cm³/mol. The fourth-order valence-electron chi connectivity index (χ4n) is 2.28. The minimum atomic E-state index is -0.887. The summed E-state index contributed by atoms with van der Waals surface area (Å²) in [6.45, 7) is 6.09. The Morgan fingerprint density at radius 2 is 1.81 bits per heavy atom. The monoisotopic (exact) mass is 448 g/mol. The fourth-order valence-corrected chi connectivity index (χ4v) is 2.28. The normalized spacial score (nSPS) is 12.3. The molecule has 32 heavy (non-hydrogen) atoms. The number of methoxy groups -OCH3 is 1. The number of H-pyrrole nitrogens is 1. The van der Waals surface area contributed by atoms with Gasteiger partial charge in [0.15, 0.2) is 5.82 Å². The molecular weight excluding hydrogens is 424 g/mol. The van der Waals surface area contributed by atoms with E-state index in [1.807, 2.05) is 0 Å². The lowest BCUT2D eigenvalue weighted by Crippen LogP contribution is -2.41. The first-order valence-corrected chi connectivity index (χ1v) is 9.39. The van der Waals surface area contributed by atoms with Crippen LogP contribution < -0.4 is 16.0 Å². The van der Waals surface area contributed by atoms with Crippen LogP contribution in [0.2, 0.25) is 0 Å². The summed E-state index contributed by atoms with van der Waals surface area (Å²) in [4.78, 5) is 58.1. The van der Waals surface area contributed by atoms with Gasteiger partial charge < -0.3 is 25.1 Å². The van der Waals surface area contributed by atoms with Gasteiger partial charge in [0.25, 0.3) is 5.91 Å². The van der Waals surface area contributed by atoms with Gasteiger partial charge in [0.05, 0.1) is 7.11 Å². The van der Waals surface area contributed by atoms with Gasteiger partial charge in [-0.1, -0.05) is 0 Å². The molecule has 2 aromatic rings. The van der Waals surface area contributed by atoms with Crippen LogP contribution >= 0.6 is 0 Å². The van der Waals surface area contributed by atoms with E-state index in [1.165, 1.54) is 26.4 Å². The molecule has 2 rings (SSSR count). The Balaban J connectivity index is 2.08. The van der Waals surface area contributed by atoms with Gasteiger partial charge in [-0.05, 0) is 27.7 Å². The van der Waals surface area contributed by atoms with Crippen LogP contribution in [0.1, 0.15) is 27.7 Å². The van der Waals surface area contributed by atoms with Crippen LogP contribution in [-0.4, -0.2) is 64.3 Å². The van der Waals surface area contributed by atoms with Crippen molar-refractivity contribution < 1.29 is 28.7 Å². The number of fused-ring (bicyclic) bond motifs is 1. The lowest BCUT2D eigenvalue weighted by atomic mass is 10.2. The number of hydrogen-bond donors (Lipinski definition) is 4. The molecule has 0 unspecified atom stereocenters. The van der Waals surface area contributed by atoms with Gasteiger partial charge in [0.2, 0.25) is 0 Å². The number of hydrogen-bond acceptors (Lipinski definition) is 9. The highest BCUT2D eigenvalue weighted by Crippen LogP contribution is 2.28. The third kappa shape index (κ3) is 7.00. The van der Waals surface area contributed by atoms with Crippen molar-refractivity contribution in [1.29, 1.82) is 0 Å². The Bertz CT molecular complexity index is 1040. The molecule has 14 heteroatoms. The molecule has 4 N–H and O–H groups in total. The maximum Gasteiger partial charge on any atom is 0.408 e. The highest BCUT2D eigenvalue weighted by Gasteiger charge is 2.19. The second-order valence-corrected chi connectivity index (χ2v) is 7.39. The van der Waals surface area contributed by atoms with E-state index in [0.717, 1.165) is 0 Å². The van der Waals surface area contributed by atoms with Crippen LogP contribution in [0.3, 0.4) is 0 Å². The maximum absolute atomic E-state index is 12.2. The average Bonchev–Trinajstić information content (AvgIpc) is 3.06. The van der Waals surface area contributed by atoms with E-state index in [1.54, 1.807) is 20.8 Å². The van der Waals surface area contributed by atoms with Gasteiger partial charge in [-0.3, -0.25) is 10.1 Å². The number of alkyl carbamates (subject to hydrolysis) is 1. The number of amides is 4. The van der Waals surface area contributed by atoms with E-state index in [4.69, 9.17) is 4.74 Å². The first-order chi connectivity index (χ1) is 15.0. The summed E-state index contributed by atoms with van der Waals surface area (Å²) in [5.41, 5.74) is -0.219. The summed E-state index contributed by atoms with van der Waals surface area (Å²) < 4.78 is 9.57. The molecule has 2 heterocycles. The number of esters is 1. The molecule has 0 aromatic carbocycles. The highest BCUT2D eigenvalue weighted by molar-refractivity contribution is 6.02. The smallest absolute Gasteiger partial charge is 0.408 e. The summed E-state index contributed by atoms with van der Waals surface area (Å²) in [5, 5.41) is 14.5. The zero-order valence-corrected chi connectivity index (χ0v) is 18.2. The van der Waals surface area contributed by atoms with Crippen molar-refractivity contribution in [3.63, 3.8) is 0 Å². The van der Waals surface area contributed by atoms with Gasteiger partial charge in [-0.25, -0.2) is 24.4 Å². The van der Waals surface area contributed by atoms with Crippen molar-refractivity contribution in [3.05, 3.63) is 12.4 Å². The largest absolute Gasteiger partial charge is 0.467 e. The fraction of sp³-hybridized carbons (Fsp3) is 0.444. The molecule has 0 bridgehead atoms. The molecular formula is C18H24N8O6. The molecule has 14 nitrogen and oxygen atoms in total. The molecule has 0 fully saturated rings. The molecule has 0 saturated heterocycles. The maximum atomic E-state index is 12.2. The molecule has 2 aromatic heterocycles. The first kappa shape index (κ1) is 24.2. The van der Waals surface area contributed by atoms with Crippen molar-refractivity contribution in [2.75, 3.05) is 19.0 Å². The highest BCUT2D eigenvalue weighted by atomic mass is 16.6. The Morgan fingerprint density at radius 1 is 1.16 bits per heavy atom. The van der Waals surface area contributed by atoms with Crippen LogP contribution in [0.25, 0.3) is 11.0 Å². The van der Waals surface area contributed by atoms with Gasteiger partial charge in [0, 0.05) is 12.4 Å². The number of nitrogens with one attached hydrogen (secondary N) is 4. The van der Waals surface area contributed by atoms with Crippen LogP contribution in [0.4, 0.5) is 21.2 Å². The van der Waals surface area contributed by atoms with Crippen molar-refractivity contribution in [2.24, 2.45) is 10.2 Å². The number of carbonyl (C=O) groups excluding carboxylic acids is 4. The van der Waals surface area contributed by atoms with Gasteiger partial charge in [-0.2, -0.15) is 0 Å². The van der Waals surface area contributed by atoms with Crippen molar-refractivity contribution in [3.8, 4) is 0 Å². The van der Waals surface area contributed by atoms with E-state index in [2.05, 4.69) is 45.9 Å². The van der Waals surface area contributed by atoms with Crippen molar-refractivity contribution in [2.45, 2.75) is 39.3 Å². The van der Waals surface area contributed by atoms with Crippen LogP contribution in [0, 0.1) is 0 Å². The summed E-state index contributed by atoms with van der Waals surface area (Å²) in [6, 6.07) is -1.60. The predicted octanol–water partition coefficient (Wildman–Crippen LogP) is 1.78. The molecule has 172 valence electrons. The lowest BCUT2D eigenvalue weighted by molar-refractivity contribution is -0.142. The Labute approximate surface area is 182 Å². The number of carbonyl (C=O) groups is 4. The molecule has 1 atom stereocenters. The topological polar surface area (TPSA) is 189 Å². The lowest BCUT2D eigenvalue weighted by Gasteiger charge is -2.19. The number of nitrogens with zero attached hydrogens (tertiary/aromatic N) is 4.